The maximum Gasteiger partial charge on any atom is 0.330 e. The summed E-state index contributed by atoms with van der Waals surface area (Å²) in [5.74, 6) is -0.364. The smallest absolute Gasteiger partial charge is 0.330 e. The topological polar surface area (TPSA) is 128 Å². The maximum atomic E-state index is 13.3. The van der Waals surface area contributed by atoms with Gasteiger partial charge in [0, 0.05) is 32.6 Å². The lowest BCUT2D eigenvalue weighted by molar-refractivity contribution is -0.116. The van der Waals surface area contributed by atoms with Crippen LogP contribution in [-0.2, 0) is 16.1 Å². The van der Waals surface area contributed by atoms with Crippen LogP contribution in [0.3, 0.4) is 0 Å². The number of nitrogen functional groups attached to an aromatic ring is 1. The van der Waals surface area contributed by atoms with Gasteiger partial charge in [-0.05, 0) is 25.0 Å². The summed E-state index contributed by atoms with van der Waals surface area (Å²) in [5, 5.41) is 0.643. The Morgan fingerprint density at radius 2 is 2.06 bits per heavy atom. The number of methoxy groups -OCH3 is 1. The third-order valence-corrected chi connectivity index (χ3v) is 6.30. The van der Waals surface area contributed by atoms with E-state index in [0.29, 0.717) is 18.1 Å². The fourth-order valence-electron chi connectivity index (χ4n) is 3.54. The number of rotatable bonds is 11. The van der Waals surface area contributed by atoms with Crippen LogP contribution in [0.1, 0.15) is 25.3 Å². The number of amides is 1. The van der Waals surface area contributed by atoms with Gasteiger partial charge in [-0.1, -0.05) is 43.3 Å². The number of carbonyl (C=O) groups is 1. The van der Waals surface area contributed by atoms with Gasteiger partial charge in [0.05, 0.1) is 18.0 Å². The second-order valence-electron chi connectivity index (χ2n) is 7.69. The van der Waals surface area contributed by atoms with E-state index in [1.807, 2.05) is 48.9 Å². The van der Waals surface area contributed by atoms with Crippen LogP contribution in [0.25, 0.3) is 5.69 Å². The van der Waals surface area contributed by atoms with Crippen LogP contribution in [-0.4, -0.2) is 51.0 Å². The molecule has 0 saturated carbocycles. The predicted molar refractivity (Wildman–Crippen MR) is 134 cm³/mol. The van der Waals surface area contributed by atoms with Crippen molar-refractivity contribution in [3.8, 4) is 5.69 Å². The van der Waals surface area contributed by atoms with E-state index in [2.05, 4.69) is 9.97 Å². The molecule has 2 heterocycles. The van der Waals surface area contributed by atoms with Crippen molar-refractivity contribution in [2.24, 2.45) is 0 Å². The first kappa shape index (κ1) is 25.3. The second-order valence-corrected chi connectivity index (χ2v) is 8.63. The molecule has 1 amide bonds. The molecule has 3 rings (SSSR count). The van der Waals surface area contributed by atoms with Crippen molar-refractivity contribution < 1.29 is 9.53 Å². The molecule has 34 heavy (non-hydrogen) atoms. The number of unbranched alkanes of at least 4 members (excludes halogenated alkanes) is 1. The summed E-state index contributed by atoms with van der Waals surface area (Å²) >= 11 is 1.25. The largest absolute Gasteiger partial charge is 0.383 e. The fraction of sp³-hybridized carbons (Fsp3) is 0.391. The van der Waals surface area contributed by atoms with Crippen LogP contribution in [0.2, 0.25) is 0 Å². The molecule has 0 unspecified atom stereocenters. The monoisotopic (exact) mass is 486 g/mol. The number of aromatic amines is 1. The van der Waals surface area contributed by atoms with Gasteiger partial charge in [-0.15, -0.1) is 0 Å². The van der Waals surface area contributed by atoms with Crippen molar-refractivity contribution in [2.75, 3.05) is 36.6 Å². The second kappa shape index (κ2) is 11.7. The zero-order valence-corrected chi connectivity index (χ0v) is 20.4. The molecule has 3 aromatic rings. The summed E-state index contributed by atoms with van der Waals surface area (Å²) in [6.45, 7) is 4.65. The van der Waals surface area contributed by atoms with Crippen LogP contribution in [0.15, 0.2) is 51.4 Å². The van der Waals surface area contributed by atoms with E-state index in [1.54, 1.807) is 6.20 Å². The minimum Gasteiger partial charge on any atom is -0.383 e. The minimum atomic E-state index is -0.703. The number of nitrogens with two attached hydrogens (primary N) is 1. The van der Waals surface area contributed by atoms with Crippen LogP contribution in [0.5, 0.6) is 0 Å². The number of para-hydroxylation sites is 1. The number of nitrogens with zero attached hydrogens (tertiary/aromatic N) is 4. The molecule has 0 aliphatic rings. The average Bonchev–Trinajstić information content (AvgIpc) is 3.28. The highest BCUT2D eigenvalue weighted by molar-refractivity contribution is 7.99. The highest BCUT2D eigenvalue weighted by atomic mass is 32.2. The lowest BCUT2D eigenvalue weighted by Gasteiger charge is -2.24. The van der Waals surface area contributed by atoms with E-state index in [9.17, 15) is 14.4 Å². The third-order valence-electron chi connectivity index (χ3n) is 5.35. The highest BCUT2D eigenvalue weighted by Gasteiger charge is 2.24. The molecule has 0 bridgehead atoms. The van der Waals surface area contributed by atoms with Gasteiger partial charge in [-0.25, -0.2) is 9.78 Å². The standard InChI is InChI=1S/C23H30N6O4S/c1-4-5-11-29-20(24)19(21(31)26-22(29)32)28(13-14-33-3)18(30)15-34-23-25-10-12-27(23)17-9-7-6-8-16(17)2/h6-10,12H,4-5,11,13-15,24H2,1-3H3,(H,26,31,32). The summed E-state index contributed by atoms with van der Waals surface area (Å²) < 4.78 is 8.36. The van der Waals surface area contributed by atoms with Gasteiger partial charge in [0.15, 0.2) is 10.8 Å². The SMILES string of the molecule is CCCCn1c(N)c(N(CCOC)C(=O)CSc2nccn2-c2ccccc2C)c(=O)[nH]c1=O. The average molecular weight is 487 g/mol. The molecule has 0 spiro atoms. The minimum absolute atomic E-state index is 0.0135. The van der Waals surface area contributed by atoms with Crippen LogP contribution >= 0.6 is 11.8 Å². The first-order chi connectivity index (χ1) is 16.4. The molecule has 0 aliphatic heterocycles. The molecule has 10 nitrogen and oxygen atoms in total. The third kappa shape index (κ3) is 5.60. The molecule has 0 saturated heterocycles. The molecule has 0 radical (unpaired) electrons. The Labute approximate surface area is 201 Å². The summed E-state index contributed by atoms with van der Waals surface area (Å²) in [6.07, 6.45) is 5.06. The van der Waals surface area contributed by atoms with Crippen molar-refractivity contribution in [2.45, 2.75) is 38.4 Å². The number of nitrogens with one attached hydrogen (secondary N) is 1. The number of H-pyrrole nitrogens is 1. The number of hydrogen-bond donors (Lipinski definition) is 2. The van der Waals surface area contributed by atoms with Crippen molar-refractivity contribution in [1.82, 2.24) is 19.1 Å². The molecule has 0 atom stereocenters. The summed E-state index contributed by atoms with van der Waals surface area (Å²) in [5.41, 5.74) is 6.94. The highest BCUT2D eigenvalue weighted by Crippen LogP contribution is 2.24. The molecule has 3 N–H and O–H groups in total. The number of aromatic nitrogens is 4. The van der Waals surface area contributed by atoms with E-state index in [4.69, 9.17) is 10.5 Å². The molecule has 1 aromatic carbocycles. The predicted octanol–water partition coefficient (Wildman–Crippen LogP) is 2.18. The van der Waals surface area contributed by atoms with Gasteiger partial charge < -0.3 is 15.4 Å². The summed E-state index contributed by atoms with van der Waals surface area (Å²) in [4.78, 5) is 46.2. The van der Waals surface area contributed by atoms with E-state index in [-0.39, 0.29) is 36.3 Å². The molecular weight excluding hydrogens is 456 g/mol. The van der Waals surface area contributed by atoms with E-state index in [0.717, 1.165) is 17.7 Å². The van der Waals surface area contributed by atoms with Crippen LogP contribution in [0, 0.1) is 6.92 Å². The maximum absolute atomic E-state index is 13.3. The number of anilines is 2. The van der Waals surface area contributed by atoms with Crippen molar-refractivity contribution in [3.63, 3.8) is 0 Å². The lowest BCUT2D eigenvalue weighted by atomic mass is 10.2. The molecular formula is C23H30N6O4S. The zero-order chi connectivity index (χ0) is 24.7. The Bertz CT molecular complexity index is 1250. The van der Waals surface area contributed by atoms with E-state index < -0.39 is 11.2 Å². The number of ether oxygens (including phenoxy) is 1. The Hall–Kier alpha value is -3.31. The number of imidazole rings is 1. The first-order valence-corrected chi connectivity index (χ1v) is 12.0. The lowest BCUT2D eigenvalue weighted by Crippen LogP contribution is -2.43. The van der Waals surface area contributed by atoms with Crippen molar-refractivity contribution in [3.05, 3.63) is 63.1 Å². The Morgan fingerprint density at radius 1 is 1.29 bits per heavy atom. The van der Waals surface area contributed by atoms with Gasteiger partial charge in [0.25, 0.3) is 5.56 Å². The number of thioether (sulfide) groups is 1. The van der Waals surface area contributed by atoms with Crippen molar-refractivity contribution >= 4 is 29.2 Å². The molecule has 0 fully saturated rings. The van der Waals surface area contributed by atoms with Gasteiger partial charge in [-0.2, -0.15) is 0 Å². The van der Waals surface area contributed by atoms with Gasteiger partial charge in [-0.3, -0.25) is 23.7 Å². The van der Waals surface area contributed by atoms with Crippen LogP contribution < -0.4 is 21.9 Å². The summed E-state index contributed by atoms with van der Waals surface area (Å²) in [7, 11) is 1.51. The molecule has 11 heteroatoms. The molecule has 2 aromatic heterocycles. The van der Waals surface area contributed by atoms with Gasteiger partial charge >= 0.3 is 5.69 Å². The van der Waals surface area contributed by atoms with Crippen LogP contribution in [0.4, 0.5) is 11.5 Å². The number of aryl methyl sites for hydroxylation is 1. The normalized spacial score (nSPS) is 11.0. The Morgan fingerprint density at radius 3 is 2.76 bits per heavy atom. The Balaban J connectivity index is 1.89. The first-order valence-electron chi connectivity index (χ1n) is 11.0. The van der Waals surface area contributed by atoms with E-state index in [1.165, 1.54) is 28.3 Å². The molecule has 182 valence electrons. The van der Waals surface area contributed by atoms with Gasteiger partial charge in [0.2, 0.25) is 5.91 Å². The number of hydrogen-bond acceptors (Lipinski definition) is 7. The number of carbonyl (C=O) groups excluding carboxylic acids is 1. The van der Waals surface area contributed by atoms with Crippen molar-refractivity contribution in [1.29, 1.82) is 0 Å². The quantitative estimate of drug-likeness (QED) is 0.398. The fourth-order valence-corrected chi connectivity index (χ4v) is 4.38. The Kier molecular flexibility index (Phi) is 8.72. The summed E-state index contributed by atoms with van der Waals surface area (Å²) in [6, 6.07) is 7.89. The molecule has 0 aliphatic carbocycles. The zero-order valence-electron chi connectivity index (χ0n) is 19.6. The van der Waals surface area contributed by atoms with Gasteiger partial charge in [0.1, 0.15) is 5.82 Å². The van der Waals surface area contributed by atoms with E-state index >= 15 is 0 Å². The number of benzene rings is 1.